The number of piperazine rings is 1. The third kappa shape index (κ3) is 2.66. The van der Waals surface area contributed by atoms with Gasteiger partial charge in [0, 0.05) is 37.6 Å². The summed E-state index contributed by atoms with van der Waals surface area (Å²) >= 11 is 0. The van der Waals surface area contributed by atoms with Crippen molar-refractivity contribution < 1.29 is 0 Å². The summed E-state index contributed by atoms with van der Waals surface area (Å²) in [6.45, 7) is 7.09. The van der Waals surface area contributed by atoms with Crippen LogP contribution in [0.15, 0.2) is 18.7 Å². The van der Waals surface area contributed by atoms with Crippen LogP contribution in [0.1, 0.15) is 13.8 Å². The minimum absolute atomic E-state index is 0.0643. The molecule has 8 nitrogen and oxygen atoms in total. The van der Waals surface area contributed by atoms with Crippen LogP contribution in [0.2, 0.25) is 0 Å². The van der Waals surface area contributed by atoms with Gasteiger partial charge in [0.25, 0.3) is 0 Å². The van der Waals surface area contributed by atoms with Gasteiger partial charge in [-0.05, 0) is 20.9 Å². The molecule has 0 atom stereocenters. The molecule has 2 N–H and O–H groups in total. The molecule has 0 amide bonds. The third-order valence-corrected chi connectivity index (χ3v) is 3.96. The van der Waals surface area contributed by atoms with E-state index in [1.165, 1.54) is 0 Å². The SMILES string of the molecule is CN1CCN(c2nc(N)nc(-n3ccnc3)n2)CC1(C)C. The summed E-state index contributed by atoms with van der Waals surface area (Å²) < 4.78 is 1.72. The van der Waals surface area contributed by atoms with Crippen molar-refractivity contribution in [1.29, 1.82) is 0 Å². The van der Waals surface area contributed by atoms with E-state index < -0.39 is 0 Å². The van der Waals surface area contributed by atoms with E-state index in [4.69, 9.17) is 5.73 Å². The smallest absolute Gasteiger partial charge is 0.241 e. The predicted octanol–water partition coefficient (Wildman–Crippen LogP) is 0.170. The number of anilines is 2. The Bertz CT molecular complexity index is 621. The molecule has 0 unspecified atom stereocenters. The summed E-state index contributed by atoms with van der Waals surface area (Å²) in [5, 5.41) is 0. The molecular formula is C13H20N8. The molecule has 21 heavy (non-hydrogen) atoms. The van der Waals surface area contributed by atoms with Crippen LogP contribution in [0.4, 0.5) is 11.9 Å². The average Bonchev–Trinajstić information content (AvgIpc) is 2.95. The molecule has 0 radical (unpaired) electrons. The summed E-state index contributed by atoms with van der Waals surface area (Å²) in [5.74, 6) is 1.33. The molecule has 3 rings (SSSR count). The fourth-order valence-corrected chi connectivity index (χ4v) is 2.41. The number of nitrogen functional groups attached to an aromatic ring is 1. The Labute approximate surface area is 123 Å². The Kier molecular flexibility index (Phi) is 3.25. The van der Waals surface area contributed by atoms with Crippen molar-refractivity contribution in [2.45, 2.75) is 19.4 Å². The normalized spacial score (nSPS) is 18.9. The highest BCUT2D eigenvalue weighted by atomic mass is 15.4. The molecular weight excluding hydrogens is 268 g/mol. The van der Waals surface area contributed by atoms with E-state index in [0.717, 1.165) is 19.6 Å². The van der Waals surface area contributed by atoms with E-state index in [0.29, 0.717) is 11.9 Å². The highest BCUT2D eigenvalue weighted by Gasteiger charge is 2.32. The molecule has 2 aromatic rings. The van der Waals surface area contributed by atoms with Crippen molar-refractivity contribution in [3.05, 3.63) is 18.7 Å². The first-order chi connectivity index (χ1) is 9.95. The van der Waals surface area contributed by atoms with Gasteiger partial charge in [0.1, 0.15) is 6.33 Å². The Morgan fingerprint density at radius 3 is 2.57 bits per heavy atom. The lowest BCUT2D eigenvalue weighted by atomic mass is 10.0. The van der Waals surface area contributed by atoms with Crippen LogP contribution in [-0.2, 0) is 0 Å². The van der Waals surface area contributed by atoms with Crippen molar-refractivity contribution in [2.75, 3.05) is 37.3 Å². The van der Waals surface area contributed by atoms with Gasteiger partial charge < -0.3 is 10.6 Å². The minimum atomic E-state index is 0.0643. The maximum atomic E-state index is 5.83. The standard InChI is InChI=1S/C13H20N8/c1-13(2)8-20(7-6-19(13)3)11-16-10(14)17-12(18-11)21-5-4-15-9-21/h4-5,9H,6-8H2,1-3H3,(H2,14,16,17,18). The molecule has 1 aliphatic heterocycles. The number of hydrogen-bond acceptors (Lipinski definition) is 7. The number of aromatic nitrogens is 5. The van der Waals surface area contributed by atoms with Crippen molar-refractivity contribution in [1.82, 2.24) is 29.4 Å². The van der Waals surface area contributed by atoms with Crippen molar-refractivity contribution >= 4 is 11.9 Å². The van der Waals surface area contributed by atoms with Gasteiger partial charge >= 0.3 is 0 Å². The van der Waals surface area contributed by atoms with Crippen molar-refractivity contribution in [2.24, 2.45) is 0 Å². The number of hydrogen-bond donors (Lipinski definition) is 1. The van der Waals surface area contributed by atoms with Gasteiger partial charge in [-0.1, -0.05) is 0 Å². The van der Waals surface area contributed by atoms with Crippen LogP contribution in [0.3, 0.4) is 0 Å². The second-order valence-electron chi connectivity index (χ2n) is 5.92. The molecule has 0 spiro atoms. The van der Waals surface area contributed by atoms with E-state index in [1.807, 2.05) is 0 Å². The quantitative estimate of drug-likeness (QED) is 0.842. The zero-order valence-electron chi connectivity index (χ0n) is 12.6. The second-order valence-corrected chi connectivity index (χ2v) is 5.92. The molecule has 0 aliphatic carbocycles. The Morgan fingerprint density at radius 2 is 1.90 bits per heavy atom. The predicted molar refractivity (Wildman–Crippen MR) is 80.3 cm³/mol. The summed E-state index contributed by atoms with van der Waals surface area (Å²) in [6.07, 6.45) is 5.11. The van der Waals surface area contributed by atoms with E-state index in [-0.39, 0.29) is 11.5 Å². The van der Waals surface area contributed by atoms with Gasteiger partial charge in [-0.25, -0.2) is 4.98 Å². The van der Waals surface area contributed by atoms with Crippen molar-refractivity contribution in [3.63, 3.8) is 0 Å². The highest BCUT2D eigenvalue weighted by molar-refractivity contribution is 5.39. The fourth-order valence-electron chi connectivity index (χ4n) is 2.41. The Balaban J connectivity index is 1.92. The molecule has 8 heteroatoms. The molecule has 2 aromatic heterocycles. The van der Waals surface area contributed by atoms with Crippen LogP contribution in [0.25, 0.3) is 5.95 Å². The van der Waals surface area contributed by atoms with Gasteiger partial charge in [-0.3, -0.25) is 9.47 Å². The van der Waals surface area contributed by atoms with Crippen LogP contribution < -0.4 is 10.6 Å². The van der Waals surface area contributed by atoms with Gasteiger partial charge in [0.2, 0.25) is 17.8 Å². The lowest BCUT2D eigenvalue weighted by Crippen LogP contribution is -2.58. The van der Waals surface area contributed by atoms with Crippen LogP contribution in [0.5, 0.6) is 0 Å². The van der Waals surface area contributed by atoms with E-state index >= 15 is 0 Å². The molecule has 0 aromatic carbocycles. The van der Waals surface area contributed by atoms with E-state index in [2.05, 4.69) is 50.6 Å². The monoisotopic (exact) mass is 288 g/mol. The van der Waals surface area contributed by atoms with Gasteiger partial charge in [0.05, 0.1) is 0 Å². The summed E-state index contributed by atoms with van der Waals surface area (Å²) in [6, 6.07) is 0. The third-order valence-electron chi connectivity index (χ3n) is 3.96. The lowest BCUT2D eigenvalue weighted by molar-refractivity contribution is 0.138. The zero-order chi connectivity index (χ0) is 15.0. The summed E-state index contributed by atoms with van der Waals surface area (Å²) in [7, 11) is 2.13. The molecule has 0 saturated carbocycles. The first-order valence-electron chi connectivity index (χ1n) is 6.92. The number of likely N-dealkylation sites (N-methyl/N-ethyl adjacent to an activating group) is 1. The average molecular weight is 288 g/mol. The highest BCUT2D eigenvalue weighted by Crippen LogP contribution is 2.22. The first kappa shape index (κ1) is 13.7. The van der Waals surface area contributed by atoms with Gasteiger partial charge in [0.15, 0.2) is 0 Å². The molecule has 1 saturated heterocycles. The van der Waals surface area contributed by atoms with Crippen LogP contribution >= 0.6 is 0 Å². The topological polar surface area (TPSA) is 89.0 Å². The number of rotatable bonds is 2. The van der Waals surface area contributed by atoms with Crippen LogP contribution in [-0.4, -0.2) is 61.6 Å². The largest absolute Gasteiger partial charge is 0.368 e. The summed E-state index contributed by atoms with van der Waals surface area (Å²) in [4.78, 5) is 21.5. The number of nitrogens with two attached hydrogens (primary N) is 1. The Morgan fingerprint density at radius 1 is 1.14 bits per heavy atom. The zero-order valence-corrected chi connectivity index (χ0v) is 12.6. The molecule has 3 heterocycles. The fraction of sp³-hybridized carbons (Fsp3) is 0.538. The second kappa shape index (κ2) is 4.96. The van der Waals surface area contributed by atoms with E-state index in [9.17, 15) is 0 Å². The molecule has 1 aliphatic rings. The van der Waals surface area contributed by atoms with Gasteiger partial charge in [-0.15, -0.1) is 0 Å². The van der Waals surface area contributed by atoms with E-state index in [1.54, 1.807) is 23.3 Å². The number of imidazole rings is 1. The maximum absolute atomic E-state index is 5.83. The Hall–Kier alpha value is -2.22. The minimum Gasteiger partial charge on any atom is -0.368 e. The van der Waals surface area contributed by atoms with Crippen LogP contribution in [0, 0.1) is 0 Å². The molecule has 1 fully saturated rings. The summed E-state index contributed by atoms with van der Waals surface area (Å²) in [5.41, 5.74) is 5.90. The lowest BCUT2D eigenvalue weighted by Gasteiger charge is -2.45. The molecule has 0 bridgehead atoms. The number of nitrogens with zero attached hydrogens (tertiary/aromatic N) is 7. The molecule has 112 valence electrons. The van der Waals surface area contributed by atoms with Gasteiger partial charge in [-0.2, -0.15) is 15.0 Å². The maximum Gasteiger partial charge on any atom is 0.241 e. The first-order valence-corrected chi connectivity index (χ1v) is 6.92. The van der Waals surface area contributed by atoms with Crippen molar-refractivity contribution in [3.8, 4) is 5.95 Å².